The van der Waals surface area contributed by atoms with Crippen LogP contribution in [0.4, 0.5) is 5.82 Å². The van der Waals surface area contributed by atoms with Crippen molar-refractivity contribution in [3.8, 4) is 0 Å². The first-order valence-corrected chi connectivity index (χ1v) is 5.44. The number of nitrogens with one attached hydrogen (secondary N) is 2. The Balaban J connectivity index is 2.68. The van der Waals surface area contributed by atoms with Crippen LogP contribution < -0.4 is 16.6 Å². The van der Waals surface area contributed by atoms with Crippen LogP contribution in [0.25, 0.3) is 0 Å². The van der Waals surface area contributed by atoms with Gasteiger partial charge in [0, 0.05) is 7.11 Å². The third-order valence-corrected chi connectivity index (χ3v) is 2.33. The summed E-state index contributed by atoms with van der Waals surface area (Å²) in [5.74, 6) is 5.46. The zero-order valence-electron chi connectivity index (χ0n) is 10.1. The molecule has 6 heteroatoms. The minimum absolute atomic E-state index is 0.0104. The topological polar surface area (TPSA) is 89.3 Å². The highest BCUT2D eigenvalue weighted by atomic mass is 16.5. The van der Waals surface area contributed by atoms with E-state index in [9.17, 15) is 4.79 Å². The molecule has 0 saturated carbocycles. The van der Waals surface area contributed by atoms with Crippen LogP contribution in [0.2, 0.25) is 0 Å². The normalized spacial score (nSPS) is 11.9. The monoisotopic (exact) mass is 238 g/mol. The number of rotatable bonds is 6. The van der Waals surface area contributed by atoms with Crippen LogP contribution in [0, 0.1) is 0 Å². The molecule has 0 aromatic carbocycles. The van der Waals surface area contributed by atoms with Crippen LogP contribution in [0.1, 0.15) is 23.8 Å². The second-order valence-electron chi connectivity index (χ2n) is 3.59. The number of anilines is 1. The summed E-state index contributed by atoms with van der Waals surface area (Å²) < 4.78 is 5.01. The molecule has 0 spiro atoms. The quantitative estimate of drug-likeness (QED) is 0.496. The highest BCUT2D eigenvalue weighted by Crippen LogP contribution is 2.04. The Labute approximate surface area is 101 Å². The first-order valence-electron chi connectivity index (χ1n) is 5.44. The smallest absolute Gasteiger partial charge is 0.270 e. The van der Waals surface area contributed by atoms with Gasteiger partial charge < -0.3 is 15.5 Å². The summed E-state index contributed by atoms with van der Waals surface area (Å²) in [6.07, 6.45) is 0.800. The molecule has 1 heterocycles. The van der Waals surface area contributed by atoms with Gasteiger partial charge in [-0.1, -0.05) is 13.0 Å². The number of hydrogen-bond acceptors (Lipinski definition) is 5. The van der Waals surface area contributed by atoms with Gasteiger partial charge >= 0.3 is 0 Å². The summed E-state index contributed by atoms with van der Waals surface area (Å²) in [6.45, 7) is 2.46. The van der Waals surface area contributed by atoms with Gasteiger partial charge in [-0.3, -0.25) is 4.79 Å². The van der Waals surface area contributed by atoms with Gasteiger partial charge in [0.05, 0.1) is 12.6 Å². The number of ether oxygens (including phenoxy) is 1. The number of aromatic nitrogens is 1. The maximum absolute atomic E-state index is 11.9. The number of carbonyl (C=O) groups is 1. The molecule has 0 fully saturated rings. The van der Waals surface area contributed by atoms with E-state index in [-0.39, 0.29) is 11.9 Å². The number of amides is 1. The van der Waals surface area contributed by atoms with Crippen molar-refractivity contribution >= 4 is 11.7 Å². The maximum atomic E-state index is 11.9. The van der Waals surface area contributed by atoms with E-state index in [1.165, 1.54) is 0 Å². The standard InChI is InChI=1S/C11H18N4O2/c1-3-8(7-17-2)13-11(16)9-5-4-6-10(14-9)15-12/h4-6,8H,3,7,12H2,1-2H3,(H,13,16)(H,14,15). The zero-order chi connectivity index (χ0) is 12.7. The van der Waals surface area contributed by atoms with Crippen LogP contribution >= 0.6 is 0 Å². The minimum Gasteiger partial charge on any atom is -0.383 e. The van der Waals surface area contributed by atoms with Gasteiger partial charge in [0.2, 0.25) is 0 Å². The molecular weight excluding hydrogens is 220 g/mol. The van der Waals surface area contributed by atoms with Gasteiger partial charge in [-0.05, 0) is 18.6 Å². The van der Waals surface area contributed by atoms with E-state index < -0.39 is 0 Å². The fourth-order valence-corrected chi connectivity index (χ4v) is 1.36. The van der Waals surface area contributed by atoms with E-state index in [1.54, 1.807) is 25.3 Å². The van der Waals surface area contributed by atoms with Crippen LogP contribution in [0.5, 0.6) is 0 Å². The van der Waals surface area contributed by atoms with Crippen molar-refractivity contribution in [1.82, 2.24) is 10.3 Å². The Bertz CT molecular complexity index is 370. The number of carbonyl (C=O) groups excluding carboxylic acids is 1. The van der Waals surface area contributed by atoms with Crippen LogP contribution in [0.15, 0.2) is 18.2 Å². The molecule has 1 amide bonds. The molecule has 0 saturated heterocycles. The maximum Gasteiger partial charge on any atom is 0.270 e. The van der Waals surface area contributed by atoms with Gasteiger partial charge in [0.25, 0.3) is 5.91 Å². The second kappa shape index (κ2) is 6.82. The van der Waals surface area contributed by atoms with E-state index in [0.29, 0.717) is 18.1 Å². The average Bonchev–Trinajstić information content (AvgIpc) is 2.38. The molecule has 0 aliphatic heterocycles. The molecule has 1 rings (SSSR count). The second-order valence-corrected chi connectivity index (χ2v) is 3.59. The van der Waals surface area contributed by atoms with Gasteiger partial charge in [0.1, 0.15) is 11.5 Å². The molecule has 0 bridgehead atoms. The molecule has 17 heavy (non-hydrogen) atoms. The van der Waals surface area contributed by atoms with E-state index in [2.05, 4.69) is 15.7 Å². The van der Waals surface area contributed by atoms with Gasteiger partial charge in [-0.25, -0.2) is 10.8 Å². The Hall–Kier alpha value is -1.66. The molecule has 94 valence electrons. The first-order chi connectivity index (χ1) is 8.21. The molecule has 1 aromatic rings. The van der Waals surface area contributed by atoms with Crippen LogP contribution in [0.3, 0.4) is 0 Å². The summed E-state index contributed by atoms with van der Waals surface area (Å²) in [5, 5.41) is 2.84. The van der Waals surface area contributed by atoms with Crippen LogP contribution in [-0.4, -0.2) is 30.6 Å². The summed E-state index contributed by atoms with van der Waals surface area (Å²) in [7, 11) is 1.60. The molecule has 1 aromatic heterocycles. The first kappa shape index (κ1) is 13.4. The number of nitrogens with zero attached hydrogens (tertiary/aromatic N) is 1. The van der Waals surface area contributed by atoms with E-state index in [1.807, 2.05) is 6.92 Å². The number of nitrogen functional groups attached to an aromatic ring is 1. The lowest BCUT2D eigenvalue weighted by Gasteiger charge is -2.15. The highest BCUT2D eigenvalue weighted by molar-refractivity contribution is 5.92. The van der Waals surface area contributed by atoms with Crippen molar-refractivity contribution in [2.24, 2.45) is 5.84 Å². The van der Waals surface area contributed by atoms with Gasteiger partial charge in [-0.15, -0.1) is 0 Å². The molecule has 4 N–H and O–H groups in total. The van der Waals surface area contributed by atoms with E-state index >= 15 is 0 Å². The molecule has 0 aliphatic rings. The van der Waals surface area contributed by atoms with Crippen molar-refractivity contribution in [3.63, 3.8) is 0 Å². The number of pyridine rings is 1. The predicted octanol–water partition coefficient (Wildman–Crippen LogP) is 0.522. The van der Waals surface area contributed by atoms with Gasteiger partial charge in [-0.2, -0.15) is 0 Å². The molecule has 6 nitrogen and oxygen atoms in total. The molecule has 1 atom stereocenters. The third kappa shape index (κ3) is 4.01. The Morgan fingerprint density at radius 3 is 2.94 bits per heavy atom. The SMILES string of the molecule is CCC(COC)NC(=O)c1cccc(NN)n1. The van der Waals surface area contributed by atoms with Crippen LogP contribution in [-0.2, 0) is 4.74 Å². The molecule has 0 radical (unpaired) electrons. The minimum atomic E-state index is -0.231. The molecule has 1 unspecified atom stereocenters. The molecular formula is C11H18N4O2. The Morgan fingerprint density at radius 1 is 1.59 bits per heavy atom. The molecule has 0 aliphatic carbocycles. The Morgan fingerprint density at radius 2 is 2.35 bits per heavy atom. The largest absolute Gasteiger partial charge is 0.383 e. The number of nitrogens with two attached hydrogens (primary N) is 1. The van der Waals surface area contributed by atoms with E-state index in [4.69, 9.17) is 10.6 Å². The lowest BCUT2D eigenvalue weighted by molar-refractivity contribution is 0.0890. The fourth-order valence-electron chi connectivity index (χ4n) is 1.36. The van der Waals surface area contributed by atoms with Crippen molar-refractivity contribution in [1.29, 1.82) is 0 Å². The number of hydrazine groups is 1. The van der Waals surface area contributed by atoms with E-state index in [0.717, 1.165) is 6.42 Å². The number of hydrogen-bond donors (Lipinski definition) is 3. The Kier molecular flexibility index (Phi) is 5.38. The predicted molar refractivity (Wildman–Crippen MR) is 65.5 cm³/mol. The van der Waals surface area contributed by atoms with Crippen molar-refractivity contribution in [3.05, 3.63) is 23.9 Å². The average molecular weight is 238 g/mol. The van der Waals surface area contributed by atoms with Crippen molar-refractivity contribution < 1.29 is 9.53 Å². The fraction of sp³-hybridized carbons (Fsp3) is 0.455. The zero-order valence-corrected chi connectivity index (χ0v) is 10.1. The lowest BCUT2D eigenvalue weighted by atomic mass is 10.2. The summed E-state index contributed by atoms with van der Waals surface area (Å²) >= 11 is 0. The van der Waals surface area contributed by atoms with Crippen molar-refractivity contribution in [2.45, 2.75) is 19.4 Å². The summed E-state index contributed by atoms with van der Waals surface area (Å²) in [6, 6.07) is 5.02. The third-order valence-electron chi connectivity index (χ3n) is 2.33. The lowest BCUT2D eigenvalue weighted by Crippen LogP contribution is -2.38. The summed E-state index contributed by atoms with van der Waals surface area (Å²) in [4.78, 5) is 15.9. The number of methoxy groups -OCH3 is 1. The highest BCUT2D eigenvalue weighted by Gasteiger charge is 2.13. The summed E-state index contributed by atoms with van der Waals surface area (Å²) in [5.41, 5.74) is 2.73. The van der Waals surface area contributed by atoms with Gasteiger partial charge in [0.15, 0.2) is 0 Å². The van der Waals surface area contributed by atoms with Crippen molar-refractivity contribution in [2.75, 3.05) is 19.1 Å².